The minimum atomic E-state index is -0.0754. The summed E-state index contributed by atoms with van der Waals surface area (Å²) in [6.45, 7) is 4.45. The van der Waals surface area contributed by atoms with Crippen molar-refractivity contribution in [1.29, 1.82) is 0 Å². The van der Waals surface area contributed by atoms with Crippen LogP contribution in [0.4, 0.5) is 0 Å². The van der Waals surface area contributed by atoms with Gasteiger partial charge in [-0.2, -0.15) is 0 Å². The van der Waals surface area contributed by atoms with E-state index in [2.05, 4.69) is 30.1 Å². The molecule has 3 nitrogen and oxygen atoms in total. The van der Waals surface area contributed by atoms with E-state index in [1.807, 2.05) is 5.38 Å². The third-order valence-electron chi connectivity index (χ3n) is 1.79. The van der Waals surface area contributed by atoms with E-state index < -0.39 is 0 Å². The molecule has 0 unspecified atom stereocenters. The van der Waals surface area contributed by atoms with E-state index in [0.717, 1.165) is 10.7 Å². The second kappa shape index (κ2) is 5.52. The number of rotatable bonds is 4. The van der Waals surface area contributed by atoms with E-state index in [1.165, 1.54) is 0 Å². The number of nitrogens with zero attached hydrogens (tertiary/aromatic N) is 1. The lowest BCUT2D eigenvalue weighted by Crippen LogP contribution is -2.25. The Bertz CT molecular complexity index is 376. The molecule has 0 aliphatic heterocycles. The molecule has 0 aromatic carbocycles. The fourth-order valence-electron chi connectivity index (χ4n) is 1.05. The standard InChI is InChI=1S/C11H14N2OS/c1-4-5-12-10(14)6-9-7-15-11(13-9)8(2)3/h1,7-8H,5-6H2,2-3H3,(H,12,14). The first-order chi connectivity index (χ1) is 7.13. The lowest BCUT2D eigenvalue weighted by atomic mass is 10.2. The third kappa shape index (κ3) is 3.72. The molecule has 1 N–H and O–H groups in total. The molecule has 0 bridgehead atoms. The Hall–Kier alpha value is -1.34. The normalized spacial score (nSPS) is 10.0. The van der Waals surface area contributed by atoms with E-state index in [9.17, 15) is 4.79 Å². The van der Waals surface area contributed by atoms with E-state index in [-0.39, 0.29) is 12.5 Å². The summed E-state index contributed by atoms with van der Waals surface area (Å²) in [7, 11) is 0. The van der Waals surface area contributed by atoms with E-state index >= 15 is 0 Å². The van der Waals surface area contributed by atoms with E-state index in [1.54, 1.807) is 11.3 Å². The van der Waals surface area contributed by atoms with Crippen LogP contribution in [0.2, 0.25) is 0 Å². The van der Waals surface area contributed by atoms with Crippen molar-refractivity contribution in [2.75, 3.05) is 6.54 Å². The van der Waals surface area contributed by atoms with Gasteiger partial charge in [-0.3, -0.25) is 4.79 Å². The fourth-order valence-corrected chi connectivity index (χ4v) is 1.88. The summed E-state index contributed by atoms with van der Waals surface area (Å²) in [5, 5.41) is 5.59. The summed E-state index contributed by atoms with van der Waals surface area (Å²) in [4.78, 5) is 15.7. The van der Waals surface area contributed by atoms with Gasteiger partial charge in [0.1, 0.15) is 0 Å². The van der Waals surface area contributed by atoms with Gasteiger partial charge in [0, 0.05) is 11.3 Å². The molecule has 0 aliphatic carbocycles. The van der Waals surface area contributed by atoms with Crippen LogP contribution in [-0.4, -0.2) is 17.4 Å². The zero-order chi connectivity index (χ0) is 11.3. The number of carbonyl (C=O) groups is 1. The maximum absolute atomic E-state index is 11.3. The first-order valence-electron chi connectivity index (χ1n) is 4.78. The Labute approximate surface area is 93.9 Å². The van der Waals surface area contributed by atoms with Gasteiger partial charge in [0.2, 0.25) is 5.91 Å². The van der Waals surface area contributed by atoms with Crippen LogP contribution >= 0.6 is 11.3 Å². The summed E-state index contributed by atoms with van der Waals surface area (Å²) in [6.07, 6.45) is 5.35. The molecule has 1 aromatic rings. The number of carbonyl (C=O) groups excluding carboxylic acids is 1. The van der Waals surface area contributed by atoms with Crippen molar-refractivity contribution in [3.63, 3.8) is 0 Å². The molecular weight excluding hydrogens is 208 g/mol. The third-order valence-corrected chi connectivity index (χ3v) is 2.99. The predicted octanol–water partition coefficient (Wildman–Crippen LogP) is 1.56. The first kappa shape index (κ1) is 11.7. The Kier molecular flexibility index (Phi) is 4.32. The smallest absolute Gasteiger partial charge is 0.226 e. The zero-order valence-corrected chi connectivity index (χ0v) is 9.73. The first-order valence-corrected chi connectivity index (χ1v) is 5.66. The molecule has 0 atom stereocenters. The monoisotopic (exact) mass is 222 g/mol. The quantitative estimate of drug-likeness (QED) is 0.785. The van der Waals surface area contributed by atoms with Crippen LogP contribution < -0.4 is 5.32 Å². The molecule has 1 rings (SSSR count). The Balaban J connectivity index is 2.50. The Morgan fingerprint density at radius 1 is 1.73 bits per heavy atom. The lowest BCUT2D eigenvalue weighted by Gasteiger charge is -1.99. The number of amides is 1. The molecule has 0 fully saturated rings. The molecule has 0 aliphatic rings. The highest BCUT2D eigenvalue weighted by atomic mass is 32.1. The molecule has 1 heterocycles. The van der Waals surface area contributed by atoms with Crippen LogP contribution in [0.1, 0.15) is 30.5 Å². The molecule has 0 saturated heterocycles. The molecular formula is C11H14N2OS. The van der Waals surface area contributed by atoms with Crippen molar-refractivity contribution in [3.05, 3.63) is 16.1 Å². The van der Waals surface area contributed by atoms with Crippen molar-refractivity contribution in [2.45, 2.75) is 26.2 Å². The van der Waals surface area contributed by atoms with Gasteiger partial charge in [-0.25, -0.2) is 4.98 Å². The van der Waals surface area contributed by atoms with Gasteiger partial charge in [0.05, 0.1) is 23.7 Å². The van der Waals surface area contributed by atoms with Crippen molar-refractivity contribution in [1.82, 2.24) is 10.3 Å². The van der Waals surface area contributed by atoms with Gasteiger partial charge in [-0.1, -0.05) is 19.8 Å². The molecule has 15 heavy (non-hydrogen) atoms. The number of hydrogen-bond acceptors (Lipinski definition) is 3. The van der Waals surface area contributed by atoms with Gasteiger partial charge < -0.3 is 5.32 Å². The highest BCUT2D eigenvalue weighted by Gasteiger charge is 2.08. The number of nitrogens with one attached hydrogen (secondary N) is 1. The highest BCUT2D eigenvalue weighted by Crippen LogP contribution is 2.19. The van der Waals surface area contributed by atoms with Crippen LogP contribution in [0.3, 0.4) is 0 Å². The van der Waals surface area contributed by atoms with Gasteiger partial charge in [-0.05, 0) is 0 Å². The van der Waals surface area contributed by atoms with Gasteiger partial charge in [-0.15, -0.1) is 17.8 Å². The van der Waals surface area contributed by atoms with Crippen molar-refractivity contribution < 1.29 is 4.79 Å². The van der Waals surface area contributed by atoms with Gasteiger partial charge >= 0.3 is 0 Å². The molecule has 1 aromatic heterocycles. The Morgan fingerprint density at radius 2 is 2.47 bits per heavy atom. The SMILES string of the molecule is C#CCNC(=O)Cc1csc(C(C)C)n1. The van der Waals surface area contributed by atoms with Gasteiger partial charge in [0.15, 0.2) is 0 Å². The second-order valence-corrected chi connectivity index (χ2v) is 4.38. The maximum Gasteiger partial charge on any atom is 0.226 e. The number of terminal acetylenes is 1. The summed E-state index contributed by atoms with van der Waals surface area (Å²) >= 11 is 1.59. The molecule has 0 radical (unpaired) electrons. The number of thiazole rings is 1. The summed E-state index contributed by atoms with van der Waals surface area (Å²) < 4.78 is 0. The summed E-state index contributed by atoms with van der Waals surface area (Å²) in [6, 6.07) is 0. The molecule has 0 saturated carbocycles. The molecule has 0 spiro atoms. The number of hydrogen-bond donors (Lipinski definition) is 1. The topological polar surface area (TPSA) is 42.0 Å². The summed E-state index contributed by atoms with van der Waals surface area (Å²) in [5.41, 5.74) is 0.818. The molecule has 80 valence electrons. The minimum Gasteiger partial charge on any atom is -0.345 e. The average molecular weight is 222 g/mol. The minimum absolute atomic E-state index is 0.0754. The highest BCUT2D eigenvalue weighted by molar-refractivity contribution is 7.09. The van der Waals surface area contributed by atoms with Crippen molar-refractivity contribution in [2.24, 2.45) is 0 Å². The molecule has 1 amide bonds. The van der Waals surface area contributed by atoms with Crippen LogP contribution in [0.5, 0.6) is 0 Å². The Morgan fingerprint density at radius 3 is 3.00 bits per heavy atom. The van der Waals surface area contributed by atoms with Crippen molar-refractivity contribution in [3.8, 4) is 12.3 Å². The fraction of sp³-hybridized carbons (Fsp3) is 0.455. The van der Waals surface area contributed by atoms with Crippen LogP contribution in [0.15, 0.2) is 5.38 Å². The van der Waals surface area contributed by atoms with Gasteiger partial charge in [0.25, 0.3) is 0 Å². The second-order valence-electron chi connectivity index (χ2n) is 3.49. The van der Waals surface area contributed by atoms with E-state index in [0.29, 0.717) is 12.3 Å². The average Bonchev–Trinajstić information content (AvgIpc) is 2.63. The van der Waals surface area contributed by atoms with Crippen LogP contribution in [0, 0.1) is 12.3 Å². The number of aromatic nitrogens is 1. The lowest BCUT2D eigenvalue weighted by molar-refractivity contribution is -0.120. The predicted molar refractivity (Wildman–Crippen MR) is 61.7 cm³/mol. The van der Waals surface area contributed by atoms with E-state index in [4.69, 9.17) is 6.42 Å². The zero-order valence-electron chi connectivity index (χ0n) is 8.91. The molecule has 4 heteroatoms. The van der Waals surface area contributed by atoms with Crippen LogP contribution in [-0.2, 0) is 11.2 Å². The van der Waals surface area contributed by atoms with Crippen LogP contribution in [0.25, 0.3) is 0 Å². The largest absolute Gasteiger partial charge is 0.345 e. The maximum atomic E-state index is 11.3. The van der Waals surface area contributed by atoms with Crippen molar-refractivity contribution >= 4 is 17.2 Å². The summed E-state index contributed by atoms with van der Waals surface area (Å²) in [5.74, 6) is 2.70.